The monoisotopic (exact) mass is 435 g/mol. The first-order valence-corrected chi connectivity index (χ1v) is 7.62. The van der Waals surface area contributed by atoms with Gasteiger partial charge in [0.1, 0.15) is 11.4 Å². The quantitative estimate of drug-likeness (QED) is 0.605. The van der Waals surface area contributed by atoms with Crippen LogP contribution in [-0.2, 0) is 10.3 Å². The highest BCUT2D eigenvalue weighted by molar-refractivity contribution is 9.10. The number of amides is 1. The lowest BCUT2D eigenvalue weighted by molar-refractivity contribution is -0.126. The van der Waals surface area contributed by atoms with Gasteiger partial charge in [0.2, 0.25) is 5.91 Å². The van der Waals surface area contributed by atoms with Crippen LogP contribution >= 0.6 is 40.7 Å². The molecule has 1 unspecified atom stereocenters. The molecule has 0 saturated heterocycles. The number of carbonyl (C=O) groups excluding carboxylic acids is 1. The fourth-order valence-corrected chi connectivity index (χ4v) is 2.13. The lowest BCUT2D eigenvalue weighted by Crippen LogP contribution is -2.49. The number of hydrogen-bond acceptors (Lipinski definition) is 5. The molecule has 1 heterocycles. The number of halogens is 3. The van der Waals surface area contributed by atoms with E-state index in [2.05, 4.69) is 36.5 Å². The predicted molar refractivity (Wildman–Crippen MR) is 104 cm³/mol. The maximum atomic E-state index is 12.3. The fraction of sp³-hybridized carbons (Fsp3) is 0.267. The van der Waals surface area contributed by atoms with E-state index in [0.29, 0.717) is 18.9 Å². The van der Waals surface area contributed by atoms with E-state index in [4.69, 9.17) is 5.73 Å². The second kappa shape index (κ2) is 10.5. The highest BCUT2D eigenvalue weighted by Gasteiger charge is 2.29. The van der Waals surface area contributed by atoms with Gasteiger partial charge in [-0.25, -0.2) is 4.98 Å². The second-order valence-electron chi connectivity index (χ2n) is 4.98. The van der Waals surface area contributed by atoms with Crippen molar-refractivity contribution in [3.63, 3.8) is 0 Å². The number of anilines is 1. The Kier molecular flexibility index (Phi) is 9.84. The van der Waals surface area contributed by atoms with Crippen LogP contribution < -0.4 is 16.4 Å². The molecule has 1 aromatic heterocycles. The Morgan fingerprint density at radius 1 is 1.21 bits per heavy atom. The van der Waals surface area contributed by atoms with Crippen LogP contribution in [0.2, 0.25) is 0 Å². The SMILES string of the molecule is CC(N)(C(=O)NCCNc1cnccn1)c1ccc(Br)cc1.Cl.Cl. The number of rotatable bonds is 6. The molecular formula is C15H20BrCl2N5O. The molecule has 4 N–H and O–H groups in total. The second-order valence-corrected chi connectivity index (χ2v) is 5.90. The molecule has 0 aliphatic heterocycles. The maximum absolute atomic E-state index is 12.3. The van der Waals surface area contributed by atoms with Crippen molar-refractivity contribution >= 4 is 52.5 Å². The minimum atomic E-state index is -1.08. The maximum Gasteiger partial charge on any atom is 0.244 e. The van der Waals surface area contributed by atoms with E-state index in [-0.39, 0.29) is 30.7 Å². The molecular weight excluding hydrogens is 417 g/mol. The van der Waals surface area contributed by atoms with E-state index in [0.717, 1.165) is 10.0 Å². The third kappa shape index (κ3) is 6.24. The molecule has 0 aliphatic rings. The number of hydrogen-bond donors (Lipinski definition) is 3. The molecule has 6 nitrogen and oxygen atoms in total. The Morgan fingerprint density at radius 3 is 2.46 bits per heavy atom. The summed E-state index contributed by atoms with van der Waals surface area (Å²) in [5.74, 6) is 0.441. The molecule has 24 heavy (non-hydrogen) atoms. The number of nitrogens with zero attached hydrogens (tertiary/aromatic N) is 2. The van der Waals surface area contributed by atoms with Crippen molar-refractivity contribution in [1.82, 2.24) is 15.3 Å². The van der Waals surface area contributed by atoms with Crippen LogP contribution in [0.25, 0.3) is 0 Å². The zero-order chi connectivity index (χ0) is 16.0. The smallest absolute Gasteiger partial charge is 0.244 e. The number of benzene rings is 1. The molecule has 0 radical (unpaired) electrons. The summed E-state index contributed by atoms with van der Waals surface area (Å²) in [6, 6.07) is 7.40. The largest absolute Gasteiger partial charge is 0.367 e. The van der Waals surface area contributed by atoms with Gasteiger partial charge < -0.3 is 16.4 Å². The average molecular weight is 437 g/mol. The summed E-state index contributed by atoms with van der Waals surface area (Å²) in [7, 11) is 0. The minimum Gasteiger partial charge on any atom is -0.367 e. The van der Waals surface area contributed by atoms with Gasteiger partial charge in [0.25, 0.3) is 0 Å². The van der Waals surface area contributed by atoms with Crippen molar-refractivity contribution in [1.29, 1.82) is 0 Å². The summed E-state index contributed by atoms with van der Waals surface area (Å²) in [5.41, 5.74) is 5.84. The third-order valence-corrected chi connectivity index (χ3v) is 3.72. The summed E-state index contributed by atoms with van der Waals surface area (Å²) in [4.78, 5) is 20.3. The molecule has 132 valence electrons. The summed E-state index contributed by atoms with van der Waals surface area (Å²) < 4.78 is 0.945. The molecule has 1 amide bonds. The molecule has 0 bridgehead atoms. The summed E-state index contributed by atoms with van der Waals surface area (Å²) in [6.45, 7) is 2.68. The van der Waals surface area contributed by atoms with E-state index in [1.165, 1.54) is 0 Å². The van der Waals surface area contributed by atoms with Crippen molar-refractivity contribution < 1.29 is 4.79 Å². The Bertz CT molecular complexity index is 626. The average Bonchev–Trinajstić information content (AvgIpc) is 2.52. The van der Waals surface area contributed by atoms with Crippen LogP contribution in [0, 0.1) is 0 Å². The number of aromatic nitrogens is 2. The lowest BCUT2D eigenvalue weighted by atomic mass is 9.92. The van der Waals surface area contributed by atoms with Gasteiger partial charge in [0.05, 0.1) is 6.20 Å². The van der Waals surface area contributed by atoms with E-state index in [9.17, 15) is 4.79 Å². The van der Waals surface area contributed by atoms with Gasteiger partial charge in [0, 0.05) is 30.0 Å². The normalized spacial score (nSPS) is 12.1. The van der Waals surface area contributed by atoms with Crippen LogP contribution in [0.15, 0.2) is 47.3 Å². The topological polar surface area (TPSA) is 92.9 Å². The molecule has 0 aliphatic carbocycles. The van der Waals surface area contributed by atoms with E-state index >= 15 is 0 Å². The van der Waals surface area contributed by atoms with E-state index < -0.39 is 5.54 Å². The van der Waals surface area contributed by atoms with Gasteiger partial charge in [-0.2, -0.15) is 0 Å². The molecule has 0 saturated carbocycles. The Hall–Kier alpha value is -1.41. The summed E-state index contributed by atoms with van der Waals surface area (Å²) in [5, 5.41) is 5.88. The van der Waals surface area contributed by atoms with Crippen LogP contribution in [0.4, 0.5) is 5.82 Å². The standard InChI is InChI=1S/C15H18BrN5O.2ClH/c1-15(17,11-2-4-12(16)5-3-11)14(22)21-9-8-20-13-10-18-6-7-19-13;;/h2-7,10H,8-9,17H2,1H3,(H,19,20)(H,21,22);2*1H. The number of carbonyl (C=O) groups is 1. The van der Waals surface area contributed by atoms with Crippen LogP contribution in [-0.4, -0.2) is 29.0 Å². The van der Waals surface area contributed by atoms with Crippen molar-refractivity contribution in [2.75, 3.05) is 18.4 Å². The van der Waals surface area contributed by atoms with E-state index in [1.54, 1.807) is 25.5 Å². The Morgan fingerprint density at radius 2 is 1.88 bits per heavy atom. The zero-order valence-electron chi connectivity index (χ0n) is 13.0. The minimum absolute atomic E-state index is 0. The van der Waals surface area contributed by atoms with Crippen molar-refractivity contribution in [3.8, 4) is 0 Å². The first-order chi connectivity index (χ1) is 10.5. The highest BCUT2D eigenvalue weighted by atomic mass is 79.9. The molecule has 2 rings (SSSR count). The molecule has 2 aromatic rings. The van der Waals surface area contributed by atoms with Crippen LogP contribution in [0.3, 0.4) is 0 Å². The zero-order valence-corrected chi connectivity index (χ0v) is 16.2. The molecule has 1 atom stereocenters. The van der Waals surface area contributed by atoms with Gasteiger partial charge >= 0.3 is 0 Å². The van der Waals surface area contributed by atoms with Crippen LogP contribution in [0.5, 0.6) is 0 Å². The lowest BCUT2D eigenvalue weighted by Gasteiger charge is -2.24. The summed E-state index contributed by atoms with van der Waals surface area (Å²) >= 11 is 3.36. The Labute approximate surface area is 162 Å². The fourth-order valence-electron chi connectivity index (χ4n) is 1.87. The first-order valence-electron chi connectivity index (χ1n) is 6.83. The van der Waals surface area contributed by atoms with Crippen molar-refractivity contribution in [3.05, 3.63) is 52.9 Å². The number of nitrogens with two attached hydrogens (primary N) is 1. The first kappa shape index (κ1) is 22.6. The predicted octanol–water partition coefficient (Wildman–Crippen LogP) is 2.48. The molecule has 9 heteroatoms. The molecule has 1 aromatic carbocycles. The third-order valence-electron chi connectivity index (χ3n) is 3.20. The van der Waals surface area contributed by atoms with Crippen molar-refractivity contribution in [2.45, 2.75) is 12.5 Å². The van der Waals surface area contributed by atoms with Gasteiger partial charge in [-0.15, -0.1) is 24.8 Å². The van der Waals surface area contributed by atoms with Crippen LogP contribution in [0.1, 0.15) is 12.5 Å². The highest BCUT2D eigenvalue weighted by Crippen LogP contribution is 2.20. The molecule has 0 fully saturated rings. The van der Waals surface area contributed by atoms with Crippen molar-refractivity contribution in [2.24, 2.45) is 5.73 Å². The molecule has 0 spiro atoms. The van der Waals surface area contributed by atoms with Gasteiger partial charge in [0.15, 0.2) is 0 Å². The van der Waals surface area contributed by atoms with Gasteiger partial charge in [-0.1, -0.05) is 28.1 Å². The summed E-state index contributed by atoms with van der Waals surface area (Å²) in [6.07, 6.45) is 4.83. The van der Waals surface area contributed by atoms with Gasteiger partial charge in [-0.05, 0) is 24.6 Å². The Balaban J connectivity index is 0.00000264. The number of nitrogens with one attached hydrogen (secondary N) is 2. The van der Waals surface area contributed by atoms with E-state index in [1.807, 2.05) is 24.3 Å². The van der Waals surface area contributed by atoms with Gasteiger partial charge in [-0.3, -0.25) is 9.78 Å².